The Hall–Kier alpha value is -1.50. The van der Waals surface area contributed by atoms with Gasteiger partial charge in [0, 0.05) is 19.0 Å². The highest BCUT2D eigenvalue weighted by molar-refractivity contribution is 6.34. The summed E-state index contributed by atoms with van der Waals surface area (Å²) in [6, 6.07) is 3.11. The van der Waals surface area contributed by atoms with Gasteiger partial charge in [-0.25, -0.2) is 0 Å². The molecule has 4 N–H and O–H groups in total. The SMILES string of the molecule is Cl.NCCC(=O)Nc1cc2c(cc1Cl)NC(=O)CO2. The van der Waals surface area contributed by atoms with E-state index in [9.17, 15) is 9.59 Å². The van der Waals surface area contributed by atoms with Crippen molar-refractivity contribution in [1.82, 2.24) is 0 Å². The first-order valence-corrected chi connectivity index (χ1v) is 5.74. The summed E-state index contributed by atoms with van der Waals surface area (Å²) in [5.74, 6) is 0.0136. The minimum Gasteiger partial charge on any atom is -0.482 e. The Labute approximate surface area is 121 Å². The van der Waals surface area contributed by atoms with E-state index in [0.717, 1.165) is 0 Å². The number of rotatable bonds is 3. The summed E-state index contributed by atoms with van der Waals surface area (Å²) in [6.07, 6.45) is 0.213. The summed E-state index contributed by atoms with van der Waals surface area (Å²) >= 11 is 6.00. The lowest BCUT2D eigenvalue weighted by atomic mass is 10.2. The topological polar surface area (TPSA) is 93.5 Å². The Kier molecular flexibility index (Phi) is 5.41. The summed E-state index contributed by atoms with van der Waals surface area (Å²) in [4.78, 5) is 22.5. The number of nitrogens with one attached hydrogen (secondary N) is 2. The largest absolute Gasteiger partial charge is 0.482 e. The van der Waals surface area contributed by atoms with Crippen molar-refractivity contribution in [3.63, 3.8) is 0 Å². The molecule has 6 nitrogen and oxygen atoms in total. The first-order chi connectivity index (χ1) is 8.60. The molecule has 0 aromatic heterocycles. The Morgan fingerprint density at radius 2 is 2.26 bits per heavy atom. The Morgan fingerprint density at radius 1 is 1.53 bits per heavy atom. The highest BCUT2D eigenvalue weighted by atomic mass is 35.5. The van der Waals surface area contributed by atoms with Gasteiger partial charge < -0.3 is 21.1 Å². The van der Waals surface area contributed by atoms with E-state index >= 15 is 0 Å². The standard InChI is InChI=1S/C11H12ClN3O3.ClH/c12-6-3-8-9(18-5-11(17)15-8)4-7(6)14-10(16)1-2-13;/h3-4H,1-2,5,13H2,(H,14,16)(H,15,17);1H. The van der Waals surface area contributed by atoms with Crippen LogP contribution in [0.25, 0.3) is 0 Å². The van der Waals surface area contributed by atoms with Crippen molar-refractivity contribution in [2.24, 2.45) is 5.73 Å². The van der Waals surface area contributed by atoms with Gasteiger partial charge in [0.15, 0.2) is 6.61 Å². The Balaban J connectivity index is 0.00000180. The van der Waals surface area contributed by atoms with Crippen molar-refractivity contribution in [2.45, 2.75) is 6.42 Å². The minimum absolute atomic E-state index is 0. The second-order valence-electron chi connectivity index (χ2n) is 3.75. The maximum absolute atomic E-state index is 11.4. The normalized spacial score (nSPS) is 12.6. The molecule has 0 spiro atoms. The number of carbonyl (C=O) groups excluding carboxylic acids is 2. The van der Waals surface area contributed by atoms with Gasteiger partial charge >= 0.3 is 0 Å². The maximum Gasteiger partial charge on any atom is 0.262 e. The number of anilines is 2. The number of hydrogen-bond acceptors (Lipinski definition) is 4. The average molecular weight is 306 g/mol. The molecule has 19 heavy (non-hydrogen) atoms. The highest BCUT2D eigenvalue weighted by Gasteiger charge is 2.18. The zero-order valence-electron chi connectivity index (χ0n) is 9.86. The summed E-state index contributed by atoms with van der Waals surface area (Å²) < 4.78 is 5.23. The molecule has 0 saturated carbocycles. The van der Waals surface area contributed by atoms with Crippen molar-refractivity contribution < 1.29 is 14.3 Å². The molecule has 1 heterocycles. The fourth-order valence-electron chi connectivity index (χ4n) is 1.54. The number of fused-ring (bicyclic) bond motifs is 1. The summed E-state index contributed by atoms with van der Waals surface area (Å²) in [5.41, 5.74) is 6.21. The molecular weight excluding hydrogens is 293 g/mol. The maximum atomic E-state index is 11.4. The Morgan fingerprint density at radius 3 is 2.95 bits per heavy atom. The van der Waals surface area contributed by atoms with Crippen molar-refractivity contribution in [3.8, 4) is 5.75 Å². The number of benzene rings is 1. The van der Waals surface area contributed by atoms with Crippen molar-refractivity contribution in [3.05, 3.63) is 17.2 Å². The molecule has 1 aromatic rings. The average Bonchev–Trinajstić information content (AvgIpc) is 2.31. The third-order valence-corrected chi connectivity index (χ3v) is 2.66. The number of hydrogen-bond donors (Lipinski definition) is 3. The third-order valence-electron chi connectivity index (χ3n) is 2.35. The van der Waals surface area contributed by atoms with Crippen LogP contribution < -0.4 is 21.1 Å². The van der Waals surface area contributed by atoms with E-state index in [0.29, 0.717) is 22.1 Å². The van der Waals surface area contributed by atoms with Crippen LogP contribution in [-0.2, 0) is 9.59 Å². The number of amides is 2. The fraction of sp³-hybridized carbons (Fsp3) is 0.273. The van der Waals surface area contributed by atoms with Crippen LogP contribution in [0.1, 0.15) is 6.42 Å². The van der Waals surface area contributed by atoms with Gasteiger partial charge in [0.25, 0.3) is 5.91 Å². The first kappa shape index (κ1) is 15.6. The highest BCUT2D eigenvalue weighted by Crippen LogP contribution is 2.36. The zero-order valence-corrected chi connectivity index (χ0v) is 11.4. The summed E-state index contributed by atoms with van der Waals surface area (Å²) in [6.45, 7) is 0.214. The molecule has 0 aliphatic carbocycles. The third kappa shape index (κ3) is 3.73. The van der Waals surface area contributed by atoms with Gasteiger partial charge in [-0.05, 0) is 6.07 Å². The van der Waals surface area contributed by atoms with Crippen LogP contribution in [0.3, 0.4) is 0 Å². The van der Waals surface area contributed by atoms with Crippen LogP contribution >= 0.6 is 24.0 Å². The van der Waals surface area contributed by atoms with Crippen LogP contribution in [0.4, 0.5) is 11.4 Å². The van der Waals surface area contributed by atoms with E-state index in [-0.39, 0.29) is 43.8 Å². The van der Waals surface area contributed by atoms with E-state index in [1.54, 1.807) is 6.07 Å². The molecule has 0 saturated heterocycles. The first-order valence-electron chi connectivity index (χ1n) is 5.36. The van der Waals surface area contributed by atoms with Crippen molar-refractivity contribution >= 4 is 47.2 Å². The predicted molar refractivity (Wildman–Crippen MR) is 75.1 cm³/mol. The number of ether oxygens (including phenoxy) is 1. The molecule has 0 bridgehead atoms. The molecule has 0 fully saturated rings. The zero-order chi connectivity index (χ0) is 13.1. The summed E-state index contributed by atoms with van der Waals surface area (Å²) in [5, 5.41) is 5.58. The molecule has 104 valence electrons. The summed E-state index contributed by atoms with van der Waals surface area (Å²) in [7, 11) is 0. The van der Waals surface area contributed by atoms with Crippen LogP contribution in [0.2, 0.25) is 5.02 Å². The Bertz CT molecular complexity index is 508. The van der Waals surface area contributed by atoms with Gasteiger partial charge in [0.2, 0.25) is 5.91 Å². The van der Waals surface area contributed by atoms with Gasteiger partial charge in [-0.1, -0.05) is 11.6 Å². The lowest BCUT2D eigenvalue weighted by molar-refractivity contribution is -0.118. The smallest absolute Gasteiger partial charge is 0.262 e. The molecule has 0 atom stereocenters. The molecule has 1 aromatic carbocycles. The lowest BCUT2D eigenvalue weighted by Crippen LogP contribution is -2.25. The van der Waals surface area contributed by atoms with Crippen LogP contribution in [0.15, 0.2) is 12.1 Å². The van der Waals surface area contributed by atoms with E-state index < -0.39 is 0 Å². The molecule has 8 heteroatoms. The van der Waals surface area contributed by atoms with Crippen LogP contribution in [-0.4, -0.2) is 25.0 Å². The van der Waals surface area contributed by atoms with Crippen LogP contribution in [0.5, 0.6) is 5.75 Å². The van der Waals surface area contributed by atoms with Crippen molar-refractivity contribution in [2.75, 3.05) is 23.8 Å². The molecule has 0 unspecified atom stereocenters. The van der Waals surface area contributed by atoms with Crippen molar-refractivity contribution in [1.29, 1.82) is 0 Å². The number of halogens is 2. The van der Waals surface area contributed by atoms with Gasteiger partial charge in [0.05, 0.1) is 16.4 Å². The minimum atomic E-state index is -0.238. The molecular formula is C11H13Cl2N3O3. The van der Waals surface area contributed by atoms with Gasteiger partial charge in [-0.2, -0.15) is 0 Å². The van der Waals surface area contributed by atoms with Gasteiger partial charge in [-0.15, -0.1) is 12.4 Å². The molecule has 1 aliphatic rings. The number of nitrogens with two attached hydrogens (primary N) is 1. The van der Waals surface area contributed by atoms with Gasteiger partial charge in [0.1, 0.15) is 5.75 Å². The molecule has 1 aliphatic heterocycles. The van der Waals surface area contributed by atoms with E-state index in [1.165, 1.54) is 6.07 Å². The molecule has 2 rings (SSSR count). The van der Waals surface area contributed by atoms with Gasteiger partial charge in [-0.3, -0.25) is 9.59 Å². The monoisotopic (exact) mass is 305 g/mol. The van der Waals surface area contributed by atoms with E-state index in [4.69, 9.17) is 22.1 Å². The second-order valence-corrected chi connectivity index (χ2v) is 4.16. The second kappa shape index (κ2) is 6.60. The fourth-order valence-corrected chi connectivity index (χ4v) is 1.75. The van der Waals surface area contributed by atoms with E-state index in [1.807, 2.05) is 0 Å². The molecule has 0 radical (unpaired) electrons. The van der Waals surface area contributed by atoms with Crippen LogP contribution in [0, 0.1) is 0 Å². The lowest BCUT2D eigenvalue weighted by Gasteiger charge is -2.19. The predicted octanol–water partition coefficient (Wildman–Crippen LogP) is 1.38. The molecule has 2 amide bonds. The quantitative estimate of drug-likeness (QED) is 0.786. The van der Waals surface area contributed by atoms with E-state index in [2.05, 4.69) is 10.6 Å². The number of carbonyl (C=O) groups is 2.